The number of rotatable bonds is 2. The van der Waals surface area contributed by atoms with Crippen LogP contribution in [-0.2, 0) is 4.79 Å². The van der Waals surface area contributed by atoms with Crippen molar-refractivity contribution in [1.82, 2.24) is 20.2 Å². The van der Waals surface area contributed by atoms with Gasteiger partial charge in [-0.25, -0.2) is 4.98 Å². The number of nitrogens with zero attached hydrogens (tertiary/aromatic N) is 4. The van der Waals surface area contributed by atoms with Crippen molar-refractivity contribution in [2.24, 2.45) is 5.92 Å². The van der Waals surface area contributed by atoms with E-state index in [1.165, 1.54) is 0 Å². The fourth-order valence-corrected chi connectivity index (χ4v) is 2.94. The maximum atomic E-state index is 12.4. The summed E-state index contributed by atoms with van der Waals surface area (Å²) in [6.45, 7) is 5.20. The van der Waals surface area contributed by atoms with Crippen molar-refractivity contribution in [3.63, 3.8) is 0 Å². The second-order valence-corrected chi connectivity index (χ2v) is 5.40. The highest BCUT2D eigenvalue weighted by molar-refractivity contribution is 5.85. The fraction of sp³-hybridized carbons (Fsp3) is 0.643. The first kappa shape index (κ1) is 18.9. The first-order valence-electron chi connectivity index (χ1n) is 7.35. The summed E-state index contributed by atoms with van der Waals surface area (Å²) in [4.78, 5) is 25.1. The Kier molecular flexibility index (Phi) is 7.85. The lowest BCUT2D eigenvalue weighted by Crippen LogP contribution is -2.51. The number of amides is 1. The predicted octanol–water partition coefficient (Wildman–Crippen LogP) is 0.968. The Bertz CT molecular complexity index is 448. The van der Waals surface area contributed by atoms with Crippen LogP contribution in [0.5, 0.6) is 0 Å². The molecule has 2 aliphatic rings. The highest BCUT2D eigenvalue weighted by Crippen LogP contribution is 2.18. The number of hydrogen-bond acceptors (Lipinski definition) is 5. The molecule has 0 unspecified atom stereocenters. The summed E-state index contributed by atoms with van der Waals surface area (Å²) in [5, 5.41) is 3.31. The Morgan fingerprint density at radius 3 is 2.36 bits per heavy atom. The molecule has 2 saturated heterocycles. The number of carbonyl (C=O) groups is 1. The molecule has 2 aliphatic heterocycles. The van der Waals surface area contributed by atoms with Gasteiger partial charge in [0.25, 0.3) is 0 Å². The molecule has 0 atom stereocenters. The van der Waals surface area contributed by atoms with Gasteiger partial charge in [-0.15, -0.1) is 24.8 Å². The third-order valence-electron chi connectivity index (χ3n) is 4.15. The van der Waals surface area contributed by atoms with Crippen LogP contribution in [0, 0.1) is 5.92 Å². The smallest absolute Gasteiger partial charge is 0.225 e. The van der Waals surface area contributed by atoms with Gasteiger partial charge >= 0.3 is 0 Å². The van der Waals surface area contributed by atoms with E-state index in [1.54, 1.807) is 18.6 Å². The third-order valence-corrected chi connectivity index (χ3v) is 4.15. The van der Waals surface area contributed by atoms with E-state index in [4.69, 9.17) is 0 Å². The van der Waals surface area contributed by atoms with Crippen LogP contribution in [0.15, 0.2) is 18.6 Å². The number of aromatic nitrogens is 2. The van der Waals surface area contributed by atoms with Crippen LogP contribution in [0.25, 0.3) is 0 Å². The van der Waals surface area contributed by atoms with Crippen molar-refractivity contribution in [3.05, 3.63) is 18.6 Å². The molecular formula is C14H23Cl2N5O. The van der Waals surface area contributed by atoms with Crippen LogP contribution >= 0.6 is 24.8 Å². The molecule has 0 aromatic carbocycles. The third kappa shape index (κ3) is 4.44. The van der Waals surface area contributed by atoms with Crippen molar-refractivity contribution in [2.45, 2.75) is 12.8 Å². The molecular weight excluding hydrogens is 325 g/mol. The minimum Gasteiger partial charge on any atom is -0.352 e. The fourth-order valence-electron chi connectivity index (χ4n) is 2.94. The number of halogens is 2. The monoisotopic (exact) mass is 347 g/mol. The van der Waals surface area contributed by atoms with E-state index in [0.29, 0.717) is 5.91 Å². The molecule has 0 saturated carbocycles. The molecule has 3 heterocycles. The molecule has 1 N–H and O–H groups in total. The summed E-state index contributed by atoms with van der Waals surface area (Å²) in [7, 11) is 0. The molecule has 6 nitrogen and oxygen atoms in total. The van der Waals surface area contributed by atoms with Crippen LogP contribution < -0.4 is 10.2 Å². The molecule has 0 bridgehead atoms. The SMILES string of the molecule is Cl.Cl.O=C(C1CCNCC1)N1CCN(c2cnccn2)CC1. The van der Waals surface area contributed by atoms with Crippen LogP contribution in [0.2, 0.25) is 0 Å². The average molecular weight is 348 g/mol. The van der Waals surface area contributed by atoms with E-state index in [-0.39, 0.29) is 30.7 Å². The number of piperidine rings is 1. The van der Waals surface area contributed by atoms with Crippen molar-refractivity contribution < 1.29 is 4.79 Å². The number of carbonyl (C=O) groups excluding carboxylic acids is 1. The summed E-state index contributed by atoms with van der Waals surface area (Å²) in [5.74, 6) is 1.46. The maximum Gasteiger partial charge on any atom is 0.225 e. The van der Waals surface area contributed by atoms with E-state index in [0.717, 1.165) is 57.9 Å². The quantitative estimate of drug-likeness (QED) is 0.863. The van der Waals surface area contributed by atoms with Crippen molar-refractivity contribution in [3.8, 4) is 0 Å². The topological polar surface area (TPSA) is 61.4 Å². The summed E-state index contributed by atoms with van der Waals surface area (Å²) in [6.07, 6.45) is 7.12. The van der Waals surface area contributed by atoms with Crippen LogP contribution in [0.3, 0.4) is 0 Å². The Balaban J connectivity index is 0.00000121. The van der Waals surface area contributed by atoms with E-state index in [9.17, 15) is 4.79 Å². The Labute approximate surface area is 143 Å². The molecule has 0 spiro atoms. The van der Waals surface area contributed by atoms with Crippen LogP contribution in [-0.4, -0.2) is 60.0 Å². The highest BCUT2D eigenvalue weighted by Gasteiger charge is 2.28. The Morgan fingerprint density at radius 1 is 1.09 bits per heavy atom. The number of hydrogen-bond donors (Lipinski definition) is 1. The second kappa shape index (κ2) is 9.12. The maximum absolute atomic E-state index is 12.4. The number of nitrogens with one attached hydrogen (secondary N) is 1. The molecule has 1 aromatic heterocycles. The zero-order valence-corrected chi connectivity index (χ0v) is 14.1. The first-order valence-corrected chi connectivity index (χ1v) is 7.35. The van der Waals surface area contributed by atoms with E-state index in [2.05, 4.69) is 20.2 Å². The minimum atomic E-state index is 0. The lowest BCUT2D eigenvalue weighted by Gasteiger charge is -2.37. The Morgan fingerprint density at radius 2 is 1.77 bits per heavy atom. The molecule has 0 aliphatic carbocycles. The molecule has 0 radical (unpaired) electrons. The van der Waals surface area contributed by atoms with E-state index < -0.39 is 0 Å². The highest BCUT2D eigenvalue weighted by atomic mass is 35.5. The normalized spacial score (nSPS) is 19.1. The lowest BCUT2D eigenvalue weighted by atomic mass is 9.96. The van der Waals surface area contributed by atoms with Crippen molar-refractivity contribution in [1.29, 1.82) is 0 Å². The molecule has 1 amide bonds. The largest absolute Gasteiger partial charge is 0.352 e. The average Bonchev–Trinajstić information content (AvgIpc) is 2.56. The zero-order chi connectivity index (χ0) is 13.8. The van der Waals surface area contributed by atoms with E-state index in [1.807, 2.05) is 4.90 Å². The molecule has 1 aromatic rings. The minimum absolute atomic E-state index is 0. The summed E-state index contributed by atoms with van der Waals surface area (Å²) < 4.78 is 0. The second-order valence-electron chi connectivity index (χ2n) is 5.40. The van der Waals surface area contributed by atoms with Gasteiger partial charge in [0.05, 0.1) is 6.20 Å². The number of anilines is 1. The van der Waals surface area contributed by atoms with Gasteiger partial charge < -0.3 is 15.1 Å². The molecule has 8 heteroatoms. The van der Waals surface area contributed by atoms with Gasteiger partial charge in [-0.3, -0.25) is 9.78 Å². The molecule has 124 valence electrons. The van der Waals surface area contributed by atoms with Crippen molar-refractivity contribution in [2.75, 3.05) is 44.2 Å². The predicted molar refractivity (Wildman–Crippen MR) is 90.9 cm³/mol. The summed E-state index contributed by atoms with van der Waals surface area (Å²) >= 11 is 0. The van der Waals surface area contributed by atoms with E-state index >= 15 is 0 Å². The molecule has 2 fully saturated rings. The van der Waals surface area contributed by atoms with Crippen LogP contribution in [0.4, 0.5) is 5.82 Å². The van der Waals surface area contributed by atoms with Gasteiger partial charge in [0.1, 0.15) is 5.82 Å². The molecule has 3 rings (SSSR count). The first-order chi connectivity index (χ1) is 9.84. The van der Waals surface area contributed by atoms with Crippen LogP contribution in [0.1, 0.15) is 12.8 Å². The Hall–Kier alpha value is -1.11. The summed E-state index contributed by atoms with van der Waals surface area (Å²) in [5.41, 5.74) is 0. The standard InChI is InChI=1S/C14H21N5O.2ClH/c20-14(12-1-3-15-4-2-12)19-9-7-18(8-10-19)13-11-16-5-6-17-13;;/h5-6,11-12,15H,1-4,7-10H2;2*1H. The number of piperazine rings is 1. The van der Waals surface area contributed by atoms with Gasteiger partial charge in [0.2, 0.25) is 5.91 Å². The van der Waals surface area contributed by atoms with Gasteiger partial charge in [-0.05, 0) is 25.9 Å². The van der Waals surface area contributed by atoms with Gasteiger partial charge in [0, 0.05) is 44.5 Å². The van der Waals surface area contributed by atoms with Gasteiger partial charge in [-0.1, -0.05) is 0 Å². The van der Waals surface area contributed by atoms with Gasteiger partial charge in [-0.2, -0.15) is 0 Å². The molecule has 22 heavy (non-hydrogen) atoms. The lowest BCUT2D eigenvalue weighted by molar-refractivity contribution is -0.136. The van der Waals surface area contributed by atoms with Gasteiger partial charge in [0.15, 0.2) is 0 Å². The summed E-state index contributed by atoms with van der Waals surface area (Å²) in [6, 6.07) is 0. The van der Waals surface area contributed by atoms with Crippen molar-refractivity contribution >= 4 is 36.5 Å². The zero-order valence-electron chi connectivity index (χ0n) is 12.5.